The number of carbonyl (C=O) groups excluding carboxylic acids is 1. The van der Waals surface area contributed by atoms with Gasteiger partial charge in [-0.25, -0.2) is 4.98 Å². The SMILES string of the molecule is COc1ccc(CC(=O)N2CCc3nc(N4CCC(C)CC4)nc(Oc4ccccc4OC)c3C2)cc1. The Morgan fingerprint density at radius 2 is 1.68 bits per heavy atom. The summed E-state index contributed by atoms with van der Waals surface area (Å²) >= 11 is 0. The number of carbonyl (C=O) groups is 1. The molecule has 0 bridgehead atoms. The van der Waals surface area contributed by atoms with Crippen LogP contribution in [0.3, 0.4) is 0 Å². The lowest BCUT2D eigenvalue weighted by Gasteiger charge is -2.33. The molecule has 8 heteroatoms. The van der Waals surface area contributed by atoms with E-state index in [2.05, 4.69) is 11.8 Å². The van der Waals surface area contributed by atoms with Gasteiger partial charge in [-0.1, -0.05) is 31.2 Å². The summed E-state index contributed by atoms with van der Waals surface area (Å²) in [5.74, 6) is 3.96. The topological polar surface area (TPSA) is 77.0 Å². The van der Waals surface area contributed by atoms with E-state index in [4.69, 9.17) is 24.2 Å². The van der Waals surface area contributed by atoms with Gasteiger partial charge in [0.05, 0.1) is 38.4 Å². The molecule has 5 rings (SSSR count). The van der Waals surface area contributed by atoms with Crippen LogP contribution in [0.5, 0.6) is 23.1 Å². The van der Waals surface area contributed by atoms with Gasteiger partial charge in [-0.3, -0.25) is 4.79 Å². The van der Waals surface area contributed by atoms with Crippen molar-refractivity contribution < 1.29 is 19.0 Å². The predicted octanol–water partition coefficient (Wildman–Crippen LogP) is 4.65. The lowest BCUT2D eigenvalue weighted by molar-refractivity contribution is -0.131. The first kappa shape index (κ1) is 24.9. The number of nitrogens with zero attached hydrogens (tertiary/aromatic N) is 4. The molecule has 0 N–H and O–H groups in total. The molecule has 194 valence electrons. The second-order valence-corrected chi connectivity index (χ2v) is 9.77. The zero-order valence-electron chi connectivity index (χ0n) is 21.8. The van der Waals surface area contributed by atoms with Crippen LogP contribution in [0.15, 0.2) is 48.5 Å². The highest BCUT2D eigenvalue weighted by Gasteiger charge is 2.29. The fraction of sp³-hybridized carbons (Fsp3) is 0.414. The number of amides is 1. The van der Waals surface area contributed by atoms with Gasteiger partial charge in [0.1, 0.15) is 5.75 Å². The van der Waals surface area contributed by atoms with Crippen molar-refractivity contribution in [1.82, 2.24) is 14.9 Å². The van der Waals surface area contributed by atoms with Crippen molar-refractivity contribution in [2.45, 2.75) is 39.2 Å². The smallest absolute Gasteiger partial charge is 0.229 e. The molecule has 1 amide bonds. The maximum atomic E-state index is 13.2. The summed E-state index contributed by atoms with van der Waals surface area (Å²) in [7, 11) is 3.26. The van der Waals surface area contributed by atoms with Gasteiger partial charge in [0.25, 0.3) is 0 Å². The van der Waals surface area contributed by atoms with E-state index in [9.17, 15) is 4.79 Å². The van der Waals surface area contributed by atoms with E-state index in [1.54, 1.807) is 14.2 Å². The highest BCUT2D eigenvalue weighted by Crippen LogP contribution is 2.36. The standard InChI is InChI=1S/C29H34N4O4/c1-20-12-15-32(16-13-20)29-30-24-14-17-33(27(34)18-21-8-10-22(35-2)11-9-21)19-23(24)28(31-29)37-26-7-5-4-6-25(26)36-3/h4-11,20H,12-19H2,1-3H3. The van der Waals surface area contributed by atoms with E-state index < -0.39 is 0 Å². The second kappa shape index (κ2) is 11.1. The van der Waals surface area contributed by atoms with Crippen molar-refractivity contribution >= 4 is 11.9 Å². The Balaban J connectivity index is 1.42. The fourth-order valence-corrected chi connectivity index (χ4v) is 4.86. The third-order valence-corrected chi connectivity index (χ3v) is 7.22. The molecule has 0 spiro atoms. The minimum Gasteiger partial charge on any atom is -0.497 e. The Hall–Kier alpha value is -3.81. The van der Waals surface area contributed by atoms with Crippen LogP contribution in [0, 0.1) is 5.92 Å². The summed E-state index contributed by atoms with van der Waals surface area (Å²) < 4.78 is 17.1. The van der Waals surface area contributed by atoms with Crippen LogP contribution in [0.2, 0.25) is 0 Å². The van der Waals surface area contributed by atoms with Gasteiger partial charge >= 0.3 is 0 Å². The van der Waals surface area contributed by atoms with E-state index in [1.807, 2.05) is 53.4 Å². The molecule has 0 unspecified atom stereocenters. The quantitative estimate of drug-likeness (QED) is 0.465. The van der Waals surface area contributed by atoms with Crippen molar-refractivity contribution in [3.8, 4) is 23.1 Å². The highest BCUT2D eigenvalue weighted by atomic mass is 16.5. The molecular weight excluding hydrogens is 468 g/mol. The van der Waals surface area contributed by atoms with E-state index >= 15 is 0 Å². The third-order valence-electron chi connectivity index (χ3n) is 7.22. The molecule has 1 fully saturated rings. The largest absolute Gasteiger partial charge is 0.497 e. The number of fused-ring (bicyclic) bond motifs is 1. The Kier molecular flexibility index (Phi) is 7.44. The summed E-state index contributed by atoms with van der Waals surface area (Å²) in [4.78, 5) is 27.2. The molecule has 8 nitrogen and oxygen atoms in total. The van der Waals surface area contributed by atoms with Crippen molar-refractivity contribution in [1.29, 1.82) is 0 Å². The molecule has 37 heavy (non-hydrogen) atoms. The van der Waals surface area contributed by atoms with Gasteiger partial charge in [0.15, 0.2) is 11.5 Å². The average Bonchev–Trinajstić information content (AvgIpc) is 2.94. The number of rotatable bonds is 7. The van der Waals surface area contributed by atoms with Crippen LogP contribution >= 0.6 is 0 Å². The van der Waals surface area contributed by atoms with Gasteiger partial charge in [0, 0.05) is 26.1 Å². The van der Waals surface area contributed by atoms with Gasteiger partial charge in [0.2, 0.25) is 17.7 Å². The number of para-hydroxylation sites is 2. The number of ether oxygens (including phenoxy) is 3. The summed E-state index contributed by atoms with van der Waals surface area (Å²) in [6.07, 6.45) is 3.23. The van der Waals surface area contributed by atoms with Crippen LogP contribution in [-0.2, 0) is 24.2 Å². The van der Waals surface area contributed by atoms with Gasteiger partial charge in [-0.15, -0.1) is 0 Å². The number of methoxy groups -OCH3 is 2. The number of hydrogen-bond acceptors (Lipinski definition) is 7. The van der Waals surface area contributed by atoms with Crippen LogP contribution in [0.25, 0.3) is 0 Å². The molecule has 3 aromatic rings. The number of aromatic nitrogens is 2. The number of hydrogen-bond donors (Lipinski definition) is 0. The van der Waals surface area contributed by atoms with E-state index in [0.717, 1.165) is 48.5 Å². The molecule has 1 aromatic heterocycles. The summed E-state index contributed by atoms with van der Waals surface area (Å²) in [6, 6.07) is 15.2. The number of piperidine rings is 1. The average molecular weight is 503 g/mol. The van der Waals surface area contributed by atoms with Gasteiger partial charge in [-0.2, -0.15) is 4.98 Å². The lowest BCUT2D eigenvalue weighted by atomic mass is 9.99. The molecule has 0 radical (unpaired) electrons. The molecule has 0 aliphatic carbocycles. The zero-order chi connectivity index (χ0) is 25.8. The molecule has 2 aliphatic rings. The fourth-order valence-electron chi connectivity index (χ4n) is 4.86. The molecule has 0 atom stereocenters. The van der Waals surface area contributed by atoms with Gasteiger partial charge < -0.3 is 24.0 Å². The van der Waals surface area contributed by atoms with Crippen LogP contribution in [0.1, 0.15) is 36.6 Å². The Labute approximate surface area is 218 Å². The summed E-state index contributed by atoms with van der Waals surface area (Å²) in [5.41, 5.74) is 2.75. The van der Waals surface area contributed by atoms with Crippen molar-refractivity contribution in [2.75, 3.05) is 38.8 Å². The maximum absolute atomic E-state index is 13.2. The van der Waals surface area contributed by atoms with Crippen molar-refractivity contribution in [3.05, 3.63) is 65.4 Å². The second-order valence-electron chi connectivity index (χ2n) is 9.77. The predicted molar refractivity (Wildman–Crippen MR) is 142 cm³/mol. The van der Waals surface area contributed by atoms with Crippen molar-refractivity contribution in [3.63, 3.8) is 0 Å². The lowest BCUT2D eigenvalue weighted by Crippen LogP contribution is -2.39. The summed E-state index contributed by atoms with van der Waals surface area (Å²) in [5, 5.41) is 0. The first-order valence-electron chi connectivity index (χ1n) is 12.9. The molecule has 2 aromatic carbocycles. The van der Waals surface area contributed by atoms with E-state index in [0.29, 0.717) is 55.2 Å². The van der Waals surface area contributed by atoms with E-state index in [1.165, 1.54) is 0 Å². The van der Waals surface area contributed by atoms with Gasteiger partial charge in [-0.05, 0) is 48.6 Å². The maximum Gasteiger partial charge on any atom is 0.229 e. The highest BCUT2D eigenvalue weighted by molar-refractivity contribution is 5.79. The van der Waals surface area contributed by atoms with Crippen molar-refractivity contribution in [2.24, 2.45) is 5.92 Å². The Bertz CT molecular complexity index is 1240. The third kappa shape index (κ3) is 5.63. The number of anilines is 1. The van der Waals surface area contributed by atoms with Crippen LogP contribution in [-0.4, -0.2) is 54.6 Å². The first-order chi connectivity index (χ1) is 18.0. The van der Waals surface area contributed by atoms with Crippen LogP contribution < -0.4 is 19.1 Å². The minimum atomic E-state index is 0.0631. The number of benzene rings is 2. The Morgan fingerprint density at radius 3 is 2.38 bits per heavy atom. The first-order valence-corrected chi connectivity index (χ1v) is 12.9. The van der Waals surface area contributed by atoms with E-state index in [-0.39, 0.29) is 5.91 Å². The van der Waals surface area contributed by atoms with Crippen LogP contribution in [0.4, 0.5) is 5.95 Å². The minimum absolute atomic E-state index is 0.0631. The molecular formula is C29H34N4O4. The molecule has 0 saturated carbocycles. The zero-order valence-corrected chi connectivity index (χ0v) is 21.8. The monoisotopic (exact) mass is 502 g/mol. The molecule has 1 saturated heterocycles. The normalized spacial score (nSPS) is 15.8. The molecule has 3 heterocycles. The Morgan fingerprint density at radius 1 is 0.946 bits per heavy atom. The summed E-state index contributed by atoms with van der Waals surface area (Å²) in [6.45, 7) is 5.18. The molecule has 2 aliphatic heterocycles.